The van der Waals surface area contributed by atoms with Crippen molar-refractivity contribution in [1.82, 2.24) is 0 Å². The molecule has 3 atom stereocenters. The van der Waals surface area contributed by atoms with Gasteiger partial charge in [0.15, 0.2) is 6.29 Å². The van der Waals surface area contributed by atoms with Gasteiger partial charge in [0.25, 0.3) is 0 Å². The van der Waals surface area contributed by atoms with E-state index in [1.165, 1.54) is 5.56 Å². The summed E-state index contributed by atoms with van der Waals surface area (Å²) in [6.45, 7) is 1.59. The number of carbonyl (C=O) groups is 1. The molecule has 14 heavy (non-hydrogen) atoms. The van der Waals surface area contributed by atoms with Gasteiger partial charge >= 0.3 is 0 Å². The molecule has 1 fully saturated rings. The smallest absolute Gasteiger partial charge is 0.151 e. The van der Waals surface area contributed by atoms with Gasteiger partial charge in [-0.2, -0.15) is 0 Å². The number of hydrogen-bond donors (Lipinski definition) is 1. The Kier molecular flexibility index (Phi) is 2.16. The second-order valence-corrected chi connectivity index (χ2v) is 4.20. The van der Waals surface area contributed by atoms with Crippen LogP contribution in [0.2, 0.25) is 0 Å². The molecule has 0 amide bonds. The van der Waals surface area contributed by atoms with Crippen molar-refractivity contribution in [3.63, 3.8) is 0 Å². The van der Waals surface area contributed by atoms with Crippen LogP contribution >= 0.6 is 0 Å². The van der Waals surface area contributed by atoms with E-state index in [0.29, 0.717) is 12.2 Å². The highest BCUT2D eigenvalue weighted by atomic mass is 16.3. The van der Waals surface area contributed by atoms with Crippen LogP contribution in [-0.4, -0.2) is 17.0 Å². The fraction of sp³-hybridized carbons (Fsp3) is 0.417. The summed E-state index contributed by atoms with van der Waals surface area (Å²) in [7, 11) is 0. The van der Waals surface area contributed by atoms with Gasteiger partial charge in [-0.3, -0.25) is 0 Å². The van der Waals surface area contributed by atoms with Crippen molar-refractivity contribution in [2.24, 2.45) is 5.92 Å². The second kappa shape index (κ2) is 3.21. The highest BCUT2D eigenvalue weighted by Gasteiger charge is 2.49. The van der Waals surface area contributed by atoms with Crippen molar-refractivity contribution in [3.05, 3.63) is 35.9 Å². The molecule has 2 nitrogen and oxygen atoms in total. The van der Waals surface area contributed by atoms with Crippen LogP contribution in [0.1, 0.15) is 24.8 Å². The summed E-state index contributed by atoms with van der Waals surface area (Å²) in [6, 6.07) is 10.0. The summed E-state index contributed by atoms with van der Waals surface area (Å²) in [5.74, 6) is 0.457. The Labute approximate surface area is 83.6 Å². The van der Waals surface area contributed by atoms with Crippen LogP contribution < -0.4 is 0 Å². The molecule has 0 spiro atoms. The minimum absolute atomic E-state index is 0.0994. The number of aldehydes is 1. The summed E-state index contributed by atoms with van der Waals surface area (Å²) in [5.41, 5.74) is 0.0696. The summed E-state index contributed by atoms with van der Waals surface area (Å²) < 4.78 is 0. The van der Waals surface area contributed by atoms with Gasteiger partial charge in [-0.1, -0.05) is 30.3 Å². The molecule has 1 saturated carbocycles. The second-order valence-electron chi connectivity index (χ2n) is 4.20. The summed E-state index contributed by atoms with van der Waals surface area (Å²) in [5, 5.41) is 9.73. The van der Waals surface area contributed by atoms with E-state index in [1.807, 2.05) is 30.3 Å². The van der Waals surface area contributed by atoms with E-state index in [0.717, 1.165) is 6.42 Å². The quantitative estimate of drug-likeness (QED) is 0.737. The van der Waals surface area contributed by atoms with E-state index >= 15 is 0 Å². The Balaban J connectivity index is 2.10. The number of aliphatic hydroxyl groups is 1. The average molecular weight is 190 g/mol. The van der Waals surface area contributed by atoms with E-state index in [2.05, 4.69) is 0 Å². The molecule has 0 aromatic heterocycles. The van der Waals surface area contributed by atoms with Crippen LogP contribution in [0.25, 0.3) is 0 Å². The van der Waals surface area contributed by atoms with Crippen molar-refractivity contribution in [2.45, 2.75) is 24.9 Å². The maximum absolute atomic E-state index is 10.6. The predicted molar refractivity (Wildman–Crippen MR) is 54.0 cm³/mol. The van der Waals surface area contributed by atoms with E-state index in [-0.39, 0.29) is 5.92 Å². The number of hydrogen-bond acceptors (Lipinski definition) is 2. The Morgan fingerprint density at radius 1 is 1.43 bits per heavy atom. The molecule has 0 bridgehead atoms. The molecule has 3 unspecified atom stereocenters. The molecule has 1 aromatic rings. The van der Waals surface area contributed by atoms with Crippen LogP contribution in [0.3, 0.4) is 0 Å². The Morgan fingerprint density at radius 3 is 2.64 bits per heavy atom. The fourth-order valence-corrected chi connectivity index (χ4v) is 2.00. The minimum atomic E-state index is -1.15. The van der Waals surface area contributed by atoms with Crippen LogP contribution in [-0.2, 0) is 4.79 Å². The molecule has 0 radical (unpaired) electrons. The van der Waals surface area contributed by atoms with E-state index in [9.17, 15) is 9.90 Å². The van der Waals surface area contributed by atoms with Gasteiger partial charge in [-0.25, -0.2) is 0 Å². The van der Waals surface area contributed by atoms with Gasteiger partial charge in [0, 0.05) is 5.92 Å². The minimum Gasteiger partial charge on any atom is -0.382 e. The van der Waals surface area contributed by atoms with E-state index in [4.69, 9.17) is 0 Å². The van der Waals surface area contributed by atoms with Crippen molar-refractivity contribution >= 4 is 6.29 Å². The van der Waals surface area contributed by atoms with Crippen LogP contribution in [0.15, 0.2) is 30.3 Å². The first-order valence-electron chi connectivity index (χ1n) is 4.89. The van der Waals surface area contributed by atoms with Gasteiger partial charge in [0.1, 0.15) is 5.60 Å². The lowest BCUT2D eigenvalue weighted by molar-refractivity contribution is -0.124. The lowest BCUT2D eigenvalue weighted by Gasteiger charge is -2.15. The monoisotopic (exact) mass is 190 g/mol. The Bertz CT molecular complexity index is 329. The Morgan fingerprint density at radius 2 is 2.07 bits per heavy atom. The van der Waals surface area contributed by atoms with Gasteiger partial charge in [0.2, 0.25) is 0 Å². The van der Waals surface area contributed by atoms with Crippen LogP contribution in [0, 0.1) is 5.92 Å². The zero-order valence-corrected chi connectivity index (χ0v) is 8.18. The SMILES string of the molecule is CC(O)(C=O)C1CC1c1ccccc1. The highest BCUT2D eigenvalue weighted by molar-refractivity contribution is 5.63. The molecule has 1 aliphatic rings. The van der Waals surface area contributed by atoms with Crippen molar-refractivity contribution in [3.8, 4) is 0 Å². The summed E-state index contributed by atoms with van der Waals surface area (Å²) >= 11 is 0. The molecule has 2 rings (SSSR count). The van der Waals surface area contributed by atoms with Crippen LogP contribution in [0.5, 0.6) is 0 Å². The molecule has 2 heteroatoms. The number of rotatable bonds is 3. The third-order valence-electron chi connectivity index (χ3n) is 3.01. The molecular weight excluding hydrogens is 176 g/mol. The average Bonchev–Trinajstić information content (AvgIpc) is 2.99. The lowest BCUT2D eigenvalue weighted by Crippen LogP contribution is -2.29. The van der Waals surface area contributed by atoms with Gasteiger partial charge < -0.3 is 9.90 Å². The fourth-order valence-electron chi connectivity index (χ4n) is 2.00. The molecule has 1 aromatic carbocycles. The zero-order valence-electron chi connectivity index (χ0n) is 8.18. The van der Waals surface area contributed by atoms with Gasteiger partial charge in [-0.15, -0.1) is 0 Å². The topological polar surface area (TPSA) is 37.3 Å². The largest absolute Gasteiger partial charge is 0.382 e. The van der Waals surface area contributed by atoms with Crippen molar-refractivity contribution in [1.29, 1.82) is 0 Å². The summed E-state index contributed by atoms with van der Waals surface area (Å²) in [4.78, 5) is 10.6. The molecule has 0 heterocycles. The molecule has 0 saturated heterocycles. The maximum atomic E-state index is 10.6. The van der Waals surface area contributed by atoms with Gasteiger partial charge in [-0.05, 0) is 24.8 Å². The van der Waals surface area contributed by atoms with E-state index < -0.39 is 5.60 Å². The maximum Gasteiger partial charge on any atom is 0.151 e. The lowest BCUT2D eigenvalue weighted by atomic mass is 9.98. The number of benzene rings is 1. The Hall–Kier alpha value is -1.15. The third kappa shape index (κ3) is 1.58. The molecule has 1 N–H and O–H groups in total. The van der Waals surface area contributed by atoms with Crippen molar-refractivity contribution in [2.75, 3.05) is 0 Å². The predicted octanol–water partition coefficient (Wildman–Crippen LogP) is 1.74. The molecule has 0 aliphatic heterocycles. The standard InChI is InChI=1S/C12H14O2/c1-12(14,8-13)11-7-10(11)9-5-3-2-4-6-9/h2-6,8,10-11,14H,7H2,1H3. The molecular formula is C12H14O2. The van der Waals surface area contributed by atoms with Gasteiger partial charge in [0.05, 0.1) is 0 Å². The highest BCUT2D eigenvalue weighted by Crippen LogP contribution is 2.52. The van der Waals surface area contributed by atoms with Crippen molar-refractivity contribution < 1.29 is 9.90 Å². The van der Waals surface area contributed by atoms with Crippen LogP contribution in [0.4, 0.5) is 0 Å². The summed E-state index contributed by atoms with van der Waals surface area (Å²) in [6.07, 6.45) is 1.57. The third-order valence-corrected chi connectivity index (χ3v) is 3.01. The number of carbonyl (C=O) groups excluding carboxylic acids is 1. The molecule has 74 valence electrons. The van der Waals surface area contributed by atoms with E-state index in [1.54, 1.807) is 6.92 Å². The molecule has 1 aliphatic carbocycles. The zero-order chi connectivity index (χ0) is 10.2. The first-order valence-corrected chi connectivity index (χ1v) is 4.89. The first kappa shape index (κ1) is 9.41. The normalized spacial score (nSPS) is 29.3. The first-order chi connectivity index (χ1) is 6.65.